The van der Waals surface area contributed by atoms with Gasteiger partial charge in [-0.2, -0.15) is 0 Å². The van der Waals surface area contributed by atoms with Crippen LogP contribution in [-0.2, 0) is 14.3 Å². The molecule has 5 heteroatoms. The molecule has 2 atom stereocenters. The maximum absolute atomic E-state index is 11.9. The van der Waals surface area contributed by atoms with Crippen molar-refractivity contribution in [3.05, 3.63) is 0 Å². The highest BCUT2D eigenvalue weighted by Crippen LogP contribution is 2.12. The lowest BCUT2D eigenvalue weighted by Gasteiger charge is -2.12. The van der Waals surface area contributed by atoms with Crippen LogP contribution in [-0.4, -0.2) is 35.5 Å². The fourth-order valence-corrected chi connectivity index (χ4v) is 2.98. The third kappa shape index (κ3) is 14.7. The Morgan fingerprint density at radius 2 is 1.04 bits per heavy atom. The quantitative estimate of drug-likeness (QED) is 0.209. The smallest absolute Gasteiger partial charge is 0.153 e. The molecule has 0 radical (unpaired) electrons. The van der Waals surface area contributed by atoms with E-state index in [0.29, 0.717) is 12.8 Å². The summed E-state index contributed by atoms with van der Waals surface area (Å²) >= 11 is 12.1. The van der Waals surface area contributed by atoms with E-state index in [4.69, 9.17) is 27.9 Å². The number of unbranched alkanes of at least 4 members (excludes halogenated alkanes) is 8. The van der Waals surface area contributed by atoms with Gasteiger partial charge in [-0.25, -0.2) is 0 Å². The van der Waals surface area contributed by atoms with Gasteiger partial charge in [0.15, 0.2) is 11.6 Å². The number of alkyl halides is 2. The zero-order chi connectivity index (χ0) is 18.9. The number of hydrogen-bond acceptors (Lipinski definition) is 3. The Morgan fingerprint density at radius 3 is 1.40 bits per heavy atom. The maximum Gasteiger partial charge on any atom is 0.153 e. The second kappa shape index (κ2) is 17.3. The summed E-state index contributed by atoms with van der Waals surface area (Å²) < 4.78 is 5.38. The highest BCUT2D eigenvalue weighted by molar-refractivity contribution is 6.31. The van der Waals surface area contributed by atoms with Gasteiger partial charge in [0, 0.05) is 12.8 Å². The SMILES string of the molecule is CCCCCCCC(=O)C(Cl)COCC(Cl)C(=O)CCCCCCC. The zero-order valence-corrected chi connectivity index (χ0v) is 17.5. The van der Waals surface area contributed by atoms with Crippen LogP contribution < -0.4 is 0 Å². The van der Waals surface area contributed by atoms with Crippen LogP contribution >= 0.6 is 23.2 Å². The summed E-state index contributed by atoms with van der Waals surface area (Å²) in [7, 11) is 0. The van der Waals surface area contributed by atoms with Gasteiger partial charge in [-0.15, -0.1) is 23.2 Å². The molecule has 0 rings (SSSR count). The Morgan fingerprint density at radius 1 is 0.680 bits per heavy atom. The van der Waals surface area contributed by atoms with Crippen LogP contribution in [0.4, 0.5) is 0 Å². The maximum atomic E-state index is 11.9. The van der Waals surface area contributed by atoms with Crippen LogP contribution in [0.1, 0.15) is 90.9 Å². The predicted molar refractivity (Wildman–Crippen MR) is 107 cm³/mol. The van der Waals surface area contributed by atoms with Crippen LogP contribution in [0.25, 0.3) is 0 Å². The van der Waals surface area contributed by atoms with E-state index >= 15 is 0 Å². The summed E-state index contributed by atoms with van der Waals surface area (Å²) in [6, 6.07) is 0. The molecule has 0 aromatic heterocycles. The molecule has 0 N–H and O–H groups in total. The number of ether oxygens (including phenoxy) is 1. The first-order chi connectivity index (χ1) is 12.0. The topological polar surface area (TPSA) is 43.4 Å². The summed E-state index contributed by atoms with van der Waals surface area (Å²) in [5, 5.41) is -1.28. The van der Waals surface area contributed by atoms with E-state index in [1.165, 1.54) is 38.5 Å². The Bertz CT molecular complexity index is 316. The normalized spacial score (nSPS) is 13.6. The molecule has 3 nitrogen and oxygen atoms in total. The molecule has 148 valence electrons. The average molecular weight is 395 g/mol. The molecule has 0 saturated carbocycles. The lowest BCUT2D eigenvalue weighted by atomic mass is 10.1. The minimum atomic E-state index is -0.640. The largest absolute Gasteiger partial charge is 0.377 e. The second-order valence-corrected chi connectivity index (χ2v) is 7.79. The van der Waals surface area contributed by atoms with Crippen molar-refractivity contribution in [2.24, 2.45) is 0 Å². The monoisotopic (exact) mass is 394 g/mol. The van der Waals surface area contributed by atoms with E-state index in [0.717, 1.165) is 25.7 Å². The Balaban J connectivity index is 3.71. The molecule has 0 spiro atoms. The van der Waals surface area contributed by atoms with Crippen LogP contribution in [0, 0.1) is 0 Å². The molecule has 0 aliphatic heterocycles. The van der Waals surface area contributed by atoms with Crippen LogP contribution in [0.2, 0.25) is 0 Å². The highest BCUT2D eigenvalue weighted by Gasteiger charge is 2.18. The summed E-state index contributed by atoms with van der Waals surface area (Å²) in [6.45, 7) is 4.59. The fourth-order valence-electron chi connectivity index (χ4n) is 2.58. The molecular weight excluding hydrogens is 359 g/mol. The summed E-state index contributed by atoms with van der Waals surface area (Å²) in [5.41, 5.74) is 0. The number of rotatable bonds is 18. The summed E-state index contributed by atoms with van der Waals surface area (Å²) in [4.78, 5) is 23.8. The number of halogens is 2. The lowest BCUT2D eigenvalue weighted by molar-refractivity contribution is -0.120. The minimum absolute atomic E-state index is 0.0199. The number of hydrogen-bond donors (Lipinski definition) is 0. The minimum Gasteiger partial charge on any atom is -0.377 e. The molecule has 0 heterocycles. The predicted octanol–water partition coefficient (Wildman–Crippen LogP) is 6.08. The molecule has 0 bridgehead atoms. The van der Waals surface area contributed by atoms with Gasteiger partial charge in [0.2, 0.25) is 0 Å². The number of ketones is 2. The molecule has 0 aliphatic rings. The molecule has 0 saturated heterocycles. The van der Waals surface area contributed by atoms with E-state index in [1.54, 1.807) is 0 Å². The molecule has 0 aliphatic carbocycles. The molecule has 25 heavy (non-hydrogen) atoms. The lowest BCUT2D eigenvalue weighted by Crippen LogP contribution is -2.25. The van der Waals surface area contributed by atoms with Crippen molar-refractivity contribution in [2.75, 3.05) is 13.2 Å². The fraction of sp³-hybridized carbons (Fsp3) is 0.900. The second-order valence-electron chi connectivity index (χ2n) is 6.73. The van der Waals surface area contributed by atoms with Gasteiger partial charge < -0.3 is 4.74 Å². The number of carbonyl (C=O) groups excluding carboxylic acids is 2. The molecular formula is C20H36Cl2O3. The van der Waals surface area contributed by atoms with Crippen molar-refractivity contribution in [3.63, 3.8) is 0 Å². The van der Waals surface area contributed by atoms with Crippen LogP contribution in [0.3, 0.4) is 0 Å². The van der Waals surface area contributed by atoms with Crippen molar-refractivity contribution < 1.29 is 14.3 Å². The van der Waals surface area contributed by atoms with Crippen molar-refractivity contribution >= 4 is 34.8 Å². The zero-order valence-electron chi connectivity index (χ0n) is 16.0. The van der Waals surface area contributed by atoms with Crippen molar-refractivity contribution in [1.82, 2.24) is 0 Å². The Kier molecular flexibility index (Phi) is 17.2. The van der Waals surface area contributed by atoms with E-state index in [2.05, 4.69) is 13.8 Å². The first-order valence-electron chi connectivity index (χ1n) is 9.94. The van der Waals surface area contributed by atoms with Gasteiger partial charge in [-0.05, 0) is 12.8 Å². The van der Waals surface area contributed by atoms with Gasteiger partial charge in [0.25, 0.3) is 0 Å². The first kappa shape index (κ1) is 24.9. The summed E-state index contributed by atoms with van der Waals surface area (Å²) in [6.07, 6.45) is 12.1. The Hall–Kier alpha value is -0.120. The molecule has 2 unspecified atom stereocenters. The third-order valence-electron chi connectivity index (χ3n) is 4.28. The highest BCUT2D eigenvalue weighted by atomic mass is 35.5. The van der Waals surface area contributed by atoms with E-state index in [1.807, 2.05) is 0 Å². The number of carbonyl (C=O) groups is 2. The Labute approximate surface area is 164 Å². The van der Waals surface area contributed by atoms with Crippen molar-refractivity contribution in [2.45, 2.75) is 102 Å². The van der Waals surface area contributed by atoms with E-state index in [9.17, 15) is 9.59 Å². The van der Waals surface area contributed by atoms with Gasteiger partial charge in [0.05, 0.1) is 13.2 Å². The third-order valence-corrected chi connectivity index (χ3v) is 5.02. The van der Waals surface area contributed by atoms with Crippen molar-refractivity contribution in [3.8, 4) is 0 Å². The van der Waals surface area contributed by atoms with Gasteiger partial charge in [-0.1, -0.05) is 65.2 Å². The van der Waals surface area contributed by atoms with Gasteiger partial charge >= 0.3 is 0 Å². The van der Waals surface area contributed by atoms with Gasteiger partial charge in [0.1, 0.15) is 10.8 Å². The van der Waals surface area contributed by atoms with Gasteiger partial charge in [-0.3, -0.25) is 9.59 Å². The summed E-state index contributed by atoms with van der Waals surface area (Å²) in [5.74, 6) is 0.0399. The molecule has 0 fully saturated rings. The molecule has 0 amide bonds. The van der Waals surface area contributed by atoms with Crippen LogP contribution in [0.15, 0.2) is 0 Å². The average Bonchev–Trinajstić information content (AvgIpc) is 2.60. The van der Waals surface area contributed by atoms with E-state index < -0.39 is 10.8 Å². The van der Waals surface area contributed by atoms with Crippen LogP contribution in [0.5, 0.6) is 0 Å². The molecule has 0 aromatic carbocycles. The van der Waals surface area contributed by atoms with E-state index in [-0.39, 0.29) is 24.8 Å². The first-order valence-corrected chi connectivity index (χ1v) is 10.8. The standard InChI is InChI=1S/C20H36Cl2O3/c1-3-5-7-9-11-13-19(23)17(21)15-25-16-18(22)20(24)14-12-10-8-6-4-2/h17-18H,3-16H2,1-2H3. The van der Waals surface area contributed by atoms with Crippen molar-refractivity contribution in [1.29, 1.82) is 0 Å². The molecule has 0 aromatic rings. The number of Topliss-reactive ketones (excluding diaryl/α,β-unsaturated/α-hetero) is 2.